The average molecular weight is 302 g/mol. The van der Waals surface area contributed by atoms with Crippen molar-refractivity contribution in [2.75, 3.05) is 25.0 Å². The van der Waals surface area contributed by atoms with Gasteiger partial charge in [-0.25, -0.2) is 9.97 Å². The quantitative estimate of drug-likeness (QED) is 0.820. The van der Waals surface area contributed by atoms with E-state index in [-0.39, 0.29) is 5.91 Å². The van der Waals surface area contributed by atoms with Crippen molar-refractivity contribution < 1.29 is 9.21 Å². The van der Waals surface area contributed by atoms with Crippen LogP contribution < -0.4 is 4.90 Å². The molecule has 0 unspecified atom stereocenters. The number of hydrogen-bond acceptors (Lipinski definition) is 5. The standard InChI is InChI=1S/C16H22N4O2/c1-5-20(6-2)16-17-12(3)10-14(18-16)15(21)19(4)11-13-8-7-9-22-13/h7-10H,5-6,11H2,1-4H3. The minimum Gasteiger partial charge on any atom is -0.467 e. The van der Waals surface area contributed by atoms with E-state index < -0.39 is 0 Å². The van der Waals surface area contributed by atoms with Crippen LogP contribution in [0.3, 0.4) is 0 Å². The highest BCUT2D eigenvalue weighted by Crippen LogP contribution is 2.13. The third-order valence-electron chi connectivity index (χ3n) is 3.43. The molecule has 2 aromatic rings. The normalized spacial score (nSPS) is 10.5. The van der Waals surface area contributed by atoms with E-state index >= 15 is 0 Å². The van der Waals surface area contributed by atoms with Crippen molar-refractivity contribution in [3.8, 4) is 0 Å². The van der Waals surface area contributed by atoms with Crippen LogP contribution >= 0.6 is 0 Å². The van der Waals surface area contributed by atoms with Gasteiger partial charge in [-0.2, -0.15) is 0 Å². The number of furan rings is 1. The van der Waals surface area contributed by atoms with Gasteiger partial charge in [-0.1, -0.05) is 0 Å². The van der Waals surface area contributed by atoms with Crippen LogP contribution in [-0.2, 0) is 6.54 Å². The van der Waals surface area contributed by atoms with E-state index in [1.807, 2.05) is 31.7 Å². The van der Waals surface area contributed by atoms with Crippen LogP contribution in [0.2, 0.25) is 0 Å². The Morgan fingerprint density at radius 1 is 1.27 bits per heavy atom. The Bertz CT molecular complexity index is 621. The summed E-state index contributed by atoms with van der Waals surface area (Å²) in [5, 5.41) is 0. The highest BCUT2D eigenvalue weighted by molar-refractivity contribution is 5.92. The van der Waals surface area contributed by atoms with Crippen molar-refractivity contribution in [1.82, 2.24) is 14.9 Å². The number of aromatic nitrogens is 2. The first-order valence-electron chi connectivity index (χ1n) is 7.43. The van der Waals surface area contributed by atoms with Gasteiger partial charge in [0.1, 0.15) is 11.5 Å². The molecule has 0 aliphatic rings. The van der Waals surface area contributed by atoms with E-state index in [1.165, 1.54) is 0 Å². The molecule has 6 nitrogen and oxygen atoms in total. The molecule has 2 aromatic heterocycles. The van der Waals surface area contributed by atoms with Crippen LogP contribution in [0.15, 0.2) is 28.9 Å². The van der Waals surface area contributed by atoms with Gasteiger partial charge in [0.05, 0.1) is 12.8 Å². The van der Waals surface area contributed by atoms with E-state index in [9.17, 15) is 4.79 Å². The summed E-state index contributed by atoms with van der Waals surface area (Å²) in [6, 6.07) is 5.37. The Hall–Kier alpha value is -2.37. The molecule has 0 atom stereocenters. The Morgan fingerprint density at radius 2 is 2.00 bits per heavy atom. The number of nitrogens with zero attached hydrogens (tertiary/aromatic N) is 4. The van der Waals surface area contributed by atoms with E-state index in [0.29, 0.717) is 18.2 Å². The van der Waals surface area contributed by atoms with Gasteiger partial charge in [-0.3, -0.25) is 4.79 Å². The minimum atomic E-state index is -0.143. The molecule has 0 aliphatic carbocycles. The summed E-state index contributed by atoms with van der Waals surface area (Å²) in [4.78, 5) is 25.0. The molecule has 2 rings (SSSR count). The Morgan fingerprint density at radius 3 is 2.59 bits per heavy atom. The number of anilines is 1. The predicted octanol–water partition coefficient (Wildman–Crippen LogP) is 2.50. The molecule has 0 spiro atoms. The van der Waals surface area contributed by atoms with Gasteiger partial charge >= 0.3 is 0 Å². The molecule has 118 valence electrons. The number of rotatable bonds is 6. The molecule has 0 aromatic carbocycles. The SMILES string of the molecule is CCN(CC)c1nc(C)cc(C(=O)N(C)Cc2ccco2)n1. The van der Waals surface area contributed by atoms with Crippen LogP contribution in [-0.4, -0.2) is 40.9 Å². The lowest BCUT2D eigenvalue weighted by molar-refractivity contribution is 0.0769. The molecular formula is C16H22N4O2. The monoisotopic (exact) mass is 302 g/mol. The molecular weight excluding hydrogens is 280 g/mol. The molecule has 0 saturated carbocycles. The molecule has 1 amide bonds. The average Bonchev–Trinajstić information content (AvgIpc) is 3.00. The van der Waals surface area contributed by atoms with Gasteiger partial charge < -0.3 is 14.2 Å². The van der Waals surface area contributed by atoms with Crippen LogP contribution in [0.5, 0.6) is 0 Å². The van der Waals surface area contributed by atoms with Gasteiger partial charge in [-0.15, -0.1) is 0 Å². The van der Waals surface area contributed by atoms with E-state index in [2.05, 4.69) is 9.97 Å². The number of aryl methyl sites for hydroxylation is 1. The highest BCUT2D eigenvalue weighted by Gasteiger charge is 2.17. The summed E-state index contributed by atoms with van der Waals surface area (Å²) >= 11 is 0. The summed E-state index contributed by atoms with van der Waals surface area (Å²) in [6.45, 7) is 7.97. The largest absolute Gasteiger partial charge is 0.467 e. The van der Waals surface area contributed by atoms with Crippen LogP contribution in [0.4, 0.5) is 5.95 Å². The smallest absolute Gasteiger partial charge is 0.272 e. The minimum absolute atomic E-state index is 0.143. The first kappa shape index (κ1) is 16.0. The third kappa shape index (κ3) is 3.63. The maximum absolute atomic E-state index is 12.6. The summed E-state index contributed by atoms with van der Waals surface area (Å²) in [6.07, 6.45) is 1.60. The Labute approximate surface area is 130 Å². The molecule has 0 aliphatic heterocycles. The first-order chi connectivity index (χ1) is 10.5. The van der Waals surface area contributed by atoms with E-state index in [0.717, 1.165) is 24.5 Å². The van der Waals surface area contributed by atoms with E-state index in [4.69, 9.17) is 4.42 Å². The predicted molar refractivity (Wildman–Crippen MR) is 84.8 cm³/mol. The van der Waals surface area contributed by atoms with Gasteiger partial charge in [0.2, 0.25) is 5.95 Å². The number of hydrogen-bond donors (Lipinski definition) is 0. The van der Waals surface area contributed by atoms with Crippen molar-refractivity contribution in [2.45, 2.75) is 27.3 Å². The second kappa shape index (κ2) is 7.06. The number of amides is 1. The number of carbonyl (C=O) groups excluding carboxylic acids is 1. The van der Waals surface area contributed by atoms with Crippen molar-refractivity contribution >= 4 is 11.9 Å². The van der Waals surface area contributed by atoms with Gasteiger partial charge in [0, 0.05) is 25.8 Å². The summed E-state index contributed by atoms with van der Waals surface area (Å²) in [5.74, 6) is 1.20. The van der Waals surface area contributed by atoms with Crippen molar-refractivity contribution in [1.29, 1.82) is 0 Å². The van der Waals surface area contributed by atoms with Gasteiger partial charge in [-0.05, 0) is 39.0 Å². The molecule has 6 heteroatoms. The topological polar surface area (TPSA) is 62.5 Å². The lowest BCUT2D eigenvalue weighted by atomic mass is 10.3. The lowest BCUT2D eigenvalue weighted by Gasteiger charge is -2.20. The fourth-order valence-electron chi connectivity index (χ4n) is 2.21. The fourth-order valence-corrected chi connectivity index (χ4v) is 2.21. The molecule has 0 N–H and O–H groups in total. The molecule has 2 heterocycles. The maximum Gasteiger partial charge on any atom is 0.272 e. The molecule has 22 heavy (non-hydrogen) atoms. The second-order valence-electron chi connectivity index (χ2n) is 5.11. The second-order valence-corrected chi connectivity index (χ2v) is 5.11. The molecule has 0 bridgehead atoms. The molecule has 0 fully saturated rings. The zero-order valence-electron chi connectivity index (χ0n) is 13.5. The van der Waals surface area contributed by atoms with Gasteiger partial charge in [0.15, 0.2) is 0 Å². The zero-order chi connectivity index (χ0) is 16.1. The zero-order valence-corrected chi connectivity index (χ0v) is 13.5. The van der Waals surface area contributed by atoms with Crippen molar-refractivity contribution in [2.24, 2.45) is 0 Å². The third-order valence-corrected chi connectivity index (χ3v) is 3.43. The lowest BCUT2D eigenvalue weighted by Crippen LogP contribution is -2.29. The van der Waals surface area contributed by atoms with Crippen LogP contribution in [0, 0.1) is 6.92 Å². The van der Waals surface area contributed by atoms with Gasteiger partial charge in [0.25, 0.3) is 5.91 Å². The van der Waals surface area contributed by atoms with Crippen LogP contribution in [0.25, 0.3) is 0 Å². The van der Waals surface area contributed by atoms with Crippen LogP contribution in [0.1, 0.15) is 35.8 Å². The maximum atomic E-state index is 12.6. The summed E-state index contributed by atoms with van der Waals surface area (Å²) < 4.78 is 5.28. The molecule has 0 radical (unpaired) electrons. The Balaban J connectivity index is 2.21. The Kier molecular flexibility index (Phi) is 5.14. The summed E-state index contributed by atoms with van der Waals surface area (Å²) in [5.41, 5.74) is 1.19. The first-order valence-corrected chi connectivity index (χ1v) is 7.43. The van der Waals surface area contributed by atoms with Crippen molar-refractivity contribution in [3.05, 3.63) is 41.6 Å². The summed E-state index contributed by atoms with van der Waals surface area (Å²) in [7, 11) is 1.74. The van der Waals surface area contributed by atoms with E-state index in [1.54, 1.807) is 30.3 Å². The fraction of sp³-hybridized carbons (Fsp3) is 0.438. The number of carbonyl (C=O) groups is 1. The van der Waals surface area contributed by atoms with Crippen molar-refractivity contribution in [3.63, 3.8) is 0 Å². The molecule has 0 saturated heterocycles. The highest BCUT2D eigenvalue weighted by atomic mass is 16.3.